The molecule has 1 aliphatic heterocycles. The average molecular weight is 421 g/mol. The molecule has 1 aliphatic rings. The monoisotopic (exact) mass is 421 g/mol. The van der Waals surface area contributed by atoms with Gasteiger partial charge in [-0.3, -0.25) is 4.79 Å². The molecule has 8 nitrogen and oxygen atoms in total. The van der Waals surface area contributed by atoms with Gasteiger partial charge in [0.1, 0.15) is 11.5 Å². The van der Waals surface area contributed by atoms with Crippen molar-refractivity contribution in [3.05, 3.63) is 82.1 Å². The topological polar surface area (TPSA) is 107 Å². The maximum Gasteiger partial charge on any atom is 0.251 e. The van der Waals surface area contributed by atoms with Crippen molar-refractivity contribution in [3.63, 3.8) is 0 Å². The van der Waals surface area contributed by atoms with Gasteiger partial charge >= 0.3 is 0 Å². The Hall–Kier alpha value is -3.85. The van der Waals surface area contributed by atoms with Crippen LogP contribution in [0.25, 0.3) is 11.1 Å². The lowest BCUT2D eigenvalue weighted by Gasteiger charge is -2.17. The summed E-state index contributed by atoms with van der Waals surface area (Å²) >= 11 is 0. The van der Waals surface area contributed by atoms with Gasteiger partial charge < -0.3 is 10.4 Å². The highest BCUT2D eigenvalue weighted by Crippen LogP contribution is 2.50. The number of carbonyl (C=O) groups excluding carboxylic acids is 1. The highest BCUT2D eigenvalue weighted by Gasteiger charge is 2.35. The van der Waals surface area contributed by atoms with E-state index in [2.05, 4.69) is 21.1 Å². The van der Waals surface area contributed by atoms with Gasteiger partial charge in [0, 0.05) is 29.4 Å². The first kappa shape index (κ1) is 20.4. The summed E-state index contributed by atoms with van der Waals surface area (Å²) in [6, 6.07) is 13.0. The smallest absolute Gasteiger partial charge is 0.251 e. The van der Waals surface area contributed by atoms with Gasteiger partial charge in [0.25, 0.3) is 5.91 Å². The minimum Gasteiger partial charge on any atom is -0.386 e. The van der Waals surface area contributed by atoms with E-state index in [1.165, 1.54) is 11.1 Å². The molecule has 31 heavy (non-hydrogen) atoms. The number of hydrogen-bond acceptors (Lipinski definition) is 6. The fraction of sp³-hybridized carbons (Fsp3) is 0.182. The van der Waals surface area contributed by atoms with E-state index in [1.54, 1.807) is 62.5 Å². The number of halogens is 1. The second kappa shape index (κ2) is 7.77. The number of amides is 1. The quantitative estimate of drug-likeness (QED) is 0.305. The van der Waals surface area contributed by atoms with Crippen LogP contribution in [0.15, 0.2) is 60.0 Å². The number of aliphatic hydroxyl groups is 1. The van der Waals surface area contributed by atoms with Crippen LogP contribution in [0.2, 0.25) is 0 Å². The zero-order chi connectivity index (χ0) is 22.2. The number of fused-ring (bicyclic) bond motifs is 1. The maximum atomic E-state index is 14.7. The number of carbonyl (C=O) groups is 1. The van der Waals surface area contributed by atoms with Gasteiger partial charge in [0.15, 0.2) is 5.82 Å². The molecule has 0 spiro atoms. The van der Waals surface area contributed by atoms with Crippen LogP contribution in [0.4, 0.5) is 15.9 Å². The summed E-state index contributed by atoms with van der Waals surface area (Å²) in [5.74, 6) is -0.244. The molecule has 0 saturated heterocycles. The molecule has 0 fully saturated rings. The molecule has 0 radical (unpaired) electrons. The molecular weight excluding hydrogens is 401 g/mol. The first-order valence-corrected chi connectivity index (χ1v) is 9.56. The molecule has 158 valence electrons. The van der Waals surface area contributed by atoms with Crippen molar-refractivity contribution in [1.29, 1.82) is 0 Å². The SMILES string of the molecule is CC(C)(O)c1ccc(C(=O)NCc2ccc(-c3ccnc4c3N4NN=O)cc2F)cc1. The summed E-state index contributed by atoms with van der Waals surface area (Å²) in [6.07, 6.45) is 1.57. The lowest BCUT2D eigenvalue weighted by Crippen LogP contribution is -2.23. The third-order valence-corrected chi connectivity index (χ3v) is 5.09. The molecule has 2 heterocycles. The van der Waals surface area contributed by atoms with E-state index in [0.717, 1.165) is 0 Å². The highest BCUT2D eigenvalue weighted by atomic mass is 19.1. The van der Waals surface area contributed by atoms with Crippen LogP contribution in [0.5, 0.6) is 0 Å². The van der Waals surface area contributed by atoms with E-state index in [9.17, 15) is 19.2 Å². The normalized spacial score (nSPS) is 12.2. The third-order valence-electron chi connectivity index (χ3n) is 5.09. The number of hydrogen-bond donors (Lipinski definition) is 3. The van der Waals surface area contributed by atoms with Crippen LogP contribution in [0.3, 0.4) is 0 Å². The van der Waals surface area contributed by atoms with Gasteiger partial charge in [-0.25, -0.2) is 14.4 Å². The molecule has 4 rings (SSSR count). The highest BCUT2D eigenvalue weighted by molar-refractivity contribution is 6.00. The minimum atomic E-state index is -0.992. The summed E-state index contributed by atoms with van der Waals surface area (Å²) in [4.78, 5) is 26.9. The van der Waals surface area contributed by atoms with Crippen molar-refractivity contribution in [2.75, 3.05) is 5.01 Å². The van der Waals surface area contributed by atoms with E-state index in [-0.39, 0.29) is 12.5 Å². The number of nitrogens with one attached hydrogen (secondary N) is 2. The Bertz CT molecular complexity index is 1160. The maximum absolute atomic E-state index is 14.7. The summed E-state index contributed by atoms with van der Waals surface area (Å²) in [5, 5.41) is 16.7. The van der Waals surface area contributed by atoms with Crippen LogP contribution in [-0.2, 0) is 12.1 Å². The number of aromatic nitrogens is 1. The molecule has 3 N–H and O–H groups in total. The van der Waals surface area contributed by atoms with E-state index < -0.39 is 11.4 Å². The van der Waals surface area contributed by atoms with Crippen molar-refractivity contribution in [2.45, 2.75) is 26.0 Å². The van der Waals surface area contributed by atoms with Crippen molar-refractivity contribution < 1.29 is 14.3 Å². The number of benzene rings is 2. The summed E-state index contributed by atoms with van der Waals surface area (Å²) in [7, 11) is 0. The second-order valence-electron chi connectivity index (χ2n) is 7.68. The Morgan fingerprint density at radius 2 is 1.94 bits per heavy atom. The standard InChI is InChI=1S/C22H20FN5O3/c1-22(2,30)16-7-5-13(6-8-16)21(29)25-12-15-4-3-14(11-18(15)23)17-9-10-24-20-19(17)28(20)26-27-31/h3-11,30H,12H2,1-2H3,(H,25,29)(H,26,31). The Labute approximate surface area is 177 Å². The van der Waals surface area contributed by atoms with Gasteiger partial charge in [-0.2, -0.15) is 5.53 Å². The number of nitroso groups, excluding NO2 is 1. The van der Waals surface area contributed by atoms with Crippen molar-refractivity contribution in [1.82, 2.24) is 15.8 Å². The molecule has 9 heteroatoms. The summed E-state index contributed by atoms with van der Waals surface area (Å²) in [5.41, 5.74) is 4.71. The van der Waals surface area contributed by atoms with E-state index >= 15 is 0 Å². The van der Waals surface area contributed by atoms with Gasteiger partial charge in [-0.1, -0.05) is 24.3 Å². The Balaban J connectivity index is 1.44. The lowest BCUT2D eigenvalue weighted by molar-refractivity contribution is 0.0784. The van der Waals surface area contributed by atoms with Crippen molar-refractivity contribution in [2.24, 2.45) is 5.29 Å². The Morgan fingerprint density at radius 3 is 2.58 bits per heavy atom. The summed E-state index contributed by atoms with van der Waals surface area (Å²) < 4.78 is 14.7. The molecule has 0 saturated carbocycles. The minimum absolute atomic E-state index is 0.0232. The molecule has 0 atom stereocenters. The van der Waals surface area contributed by atoms with E-state index in [1.807, 2.05) is 0 Å². The van der Waals surface area contributed by atoms with Gasteiger partial charge in [-0.05, 0) is 49.2 Å². The predicted molar refractivity (Wildman–Crippen MR) is 114 cm³/mol. The largest absolute Gasteiger partial charge is 0.386 e. The third kappa shape index (κ3) is 4.08. The molecule has 3 aromatic rings. The summed E-state index contributed by atoms with van der Waals surface area (Å²) in [6.45, 7) is 3.35. The second-order valence-corrected chi connectivity index (χ2v) is 7.68. The Morgan fingerprint density at radius 1 is 1.19 bits per heavy atom. The van der Waals surface area contributed by atoms with Crippen LogP contribution in [-0.4, -0.2) is 16.0 Å². The molecule has 2 aromatic carbocycles. The van der Waals surface area contributed by atoms with Crippen molar-refractivity contribution in [3.8, 4) is 11.1 Å². The van der Waals surface area contributed by atoms with Crippen LogP contribution in [0, 0.1) is 10.7 Å². The fourth-order valence-corrected chi connectivity index (χ4v) is 3.31. The first-order valence-electron chi connectivity index (χ1n) is 9.56. The molecule has 0 aliphatic carbocycles. The zero-order valence-electron chi connectivity index (χ0n) is 16.9. The van der Waals surface area contributed by atoms with E-state index in [4.69, 9.17) is 0 Å². The molecule has 1 aromatic heterocycles. The molecule has 0 bridgehead atoms. The predicted octanol–water partition coefficient (Wildman–Crippen LogP) is 3.68. The van der Waals surface area contributed by atoms with Crippen LogP contribution >= 0.6 is 0 Å². The molecular formula is C22H20FN5O3. The van der Waals surface area contributed by atoms with Gasteiger partial charge in [0.05, 0.1) is 10.9 Å². The number of rotatable bonds is 7. The van der Waals surface area contributed by atoms with Crippen molar-refractivity contribution >= 4 is 17.4 Å². The number of pyridine rings is 1. The number of anilines is 2. The first-order chi connectivity index (χ1) is 14.8. The molecule has 0 unspecified atom stereocenters. The number of hydrazine groups is 1. The van der Waals surface area contributed by atoms with Gasteiger partial charge in [0.2, 0.25) is 0 Å². The van der Waals surface area contributed by atoms with Crippen LogP contribution in [0.1, 0.15) is 35.3 Å². The fourth-order valence-electron chi connectivity index (χ4n) is 3.31. The Kier molecular flexibility index (Phi) is 5.12. The molecule has 1 amide bonds. The van der Waals surface area contributed by atoms with Crippen LogP contribution < -0.4 is 15.9 Å². The van der Waals surface area contributed by atoms with Gasteiger partial charge in [-0.15, -0.1) is 4.91 Å². The zero-order valence-corrected chi connectivity index (χ0v) is 16.9. The average Bonchev–Trinajstić information content (AvgIpc) is 3.45. The lowest BCUT2D eigenvalue weighted by atomic mass is 9.97. The van der Waals surface area contributed by atoms with E-state index in [0.29, 0.717) is 39.3 Å². The number of nitrogens with zero attached hydrogens (tertiary/aromatic N) is 3.